The average molecular weight is 316 g/mol. The van der Waals surface area contributed by atoms with Crippen molar-refractivity contribution in [3.63, 3.8) is 0 Å². The standard InChI is InChI=1S/C16H26ClNO3/c1-12(2)18-10-14(19)11-21-16-7-6-13(9-15(16)17)5-4-8-20-3/h6-7,9,12,14,18-19H,4-5,8,10-11H2,1-3H3. The molecule has 1 unspecified atom stereocenters. The van der Waals surface area contributed by atoms with E-state index in [0.29, 0.717) is 23.4 Å². The Hall–Kier alpha value is -0.810. The van der Waals surface area contributed by atoms with Gasteiger partial charge in [0.1, 0.15) is 18.5 Å². The predicted molar refractivity (Wildman–Crippen MR) is 86.3 cm³/mol. The molecular formula is C16H26ClNO3. The first-order chi connectivity index (χ1) is 10.0. The number of hydrogen-bond acceptors (Lipinski definition) is 4. The second-order valence-electron chi connectivity index (χ2n) is 5.39. The van der Waals surface area contributed by atoms with E-state index < -0.39 is 6.10 Å². The van der Waals surface area contributed by atoms with Crippen molar-refractivity contribution < 1.29 is 14.6 Å². The molecule has 0 aliphatic rings. The summed E-state index contributed by atoms with van der Waals surface area (Å²) in [4.78, 5) is 0. The van der Waals surface area contributed by atoms with Gasteiger partial charge in [0.2, 0.25) is 0 Å². The van der Waals surface area contributed by atoms with Crippen LogP contribution >= 0.6 is 11.6 Å². The molecule has 0 heterocycles. The van der Waals surface area contributed by atoms with Gasteiger partial charge in [-0.2, -0.15) is 0 Å². The minimum absolute atomic E-state index is 0.225. The molecule has 0 aliphatic heterocycles. The summed E-state index contributed by atoms with van der Waals surface area (Å²) in [5.74, 6) is 0.607. The van der Waals surface area contributed by atoms with E-state index in [4.69, 9.17) is 21.1 Å². The molecule has 1 atom stereocenters. The van der Waals surface area contributed by atoms with Crippen LogP contribution in [0.25, 0.3) is 0 Å². The molecule has 120 valence electrons. The van der Waals surface area contributed by atoms with Crippen LogP contribution in [-0.2, 0) is 11.2 Å². The van der Waals surface area contributed by atoms with Gasteiger partial charge in [0.15, 0.2) is 0 Å². The second kappa shape index (κ2) is 10.0. The number of aliphatic hydroxyl groups is 1. The zero-order chi connectivity index (χ0) is 15.7. The highest BCUT2D eigenvalue weighted by Crippen LogP contribution is 2.26. The number of halogens is 1. The fourth-order valence-electron chi connectivity index (χ4n) is 1.85. The van der Waals surface area contributed by atoms with Gasteiger partial charge < -0.3 is 19.9 Å². The van der Waals surface area contributed by atoms with Crippen LogP contribution in [0.2, 0.25) is 5.02 Å². The lowest BCUT2D eigenvalue weighted by molar-refractivity contribution is 0.104. The van der Waals surface area contributed by atoms with Gasteiger partial charge in [0, 0.05) is 26.3 Å². The number of ether oxygens (including phenoxy) is 2. The maximum absolute atomic E-state index is 9.80. The summed E-state index contributed by atoms with van der Waals surface area (Å²) >= 11 is 6.20. The molecule has 0 fully saturated rings. The Balaban J connectivity index is 2.41. The quantitative estimate of drug-likeness (QED) is 0.652. The van der Waals surface area contributed by atoms with E-state index in [1.807, 2.05) is 32.0 Å². The highest BCUT2D eigenvalue weighted by atomic mass is 35.5. The van der Waals surface area contributed by atoms with Crippen molar-refractivity contribution in [3.05, 3.63) is 28.8 Å². The van der Waals surface area contributed by atoms with Crippen molar-refractivity contribution in [2.24, 2.45) is 0 Å². The molecule has 1 aromatic carbocycles. The van der Waals surface area contributed by atoms with Gasteiger partial charge in [-0.25, -0.2) is 0 Å². The van der Waals surface area contributed by atoms with E-state index in [0.717, 1.165) is 25.0 Å². The van der Waals surface area contributed by atoms with E-state index in [9.17, 15) is 5.11 Å². The summed E-state index contributed by atoms with van der Waals surface area (Å²) in [5.41, 5.74) is 1.16. The van der Waals surface area contributed by atoms with E-state index in [2.05, 4.69) is 5.32 Å². The van der Waals surface area contributed by atoms with Crippen LogP contribution in [0.3, 0.4) is 0 Å². The van der Waals surface area contributed by atoms with Crippen LogP contribution < -0.4 is 10.1 Å². The zero-order valence-electron chi connectivity index (χ0n) is 13.1. The summed E-state index contributed by atoms with van der Waals surface area (Å²) in [6.07, 6.45) is 1.34. The van der Waals surface area contributed by atoms with Crippen molar-refractivity contribution in [2.45, 2.75) is 38.8 Å². The lowest BCUT2D eigenvalue weighted by Gasteiger charge is -2.16. The third kappa shape index (κ3) is 7.67. The van der Waals surface area contributed by atoms with Gasteiger partial charge in [-0.15, -0.1) is 0 Å². The number of hydrogen-bond donors (Lipinski definition) is 2. The molecule has 0 aromatic heterocycles. The molecule has 2 N–H and O–H groups in total. The Morgan fingerprint density at radius 2 is 2.10 bits per heavy atom. The Labute approximate surface area is 132 Å². The molecule has 0 spiro atoms. The number of methoxy groups -OCH3 is 1. The van der Waals surface area contributed by atoms with Crippen molar-refractivity contribution in [3.8, 4) is 5.75 Å². The first-order valence-electron chi connectivity index (χ1n) is 7.34. The molecule has 0 aliphatic carbocycles. The van der Waals surface area contributed by atoms with Crippen LogP contribution in [0.4, 0.5) is 0 Å². The van der Waals surface area contributed by atoms with Gasteiger partial charge >= 0.3 is 0 Å². The Morgan fingerprint density at radius 3 is 2.71 bits per heavy atom. The molecule has 0 saturated heterocycles. The highest BCUT2D eigenvalue weighted by Gasteiger charge is 2.08. The number of benzene rings is 1. The van der Waals surface area contributed by atoms with E-state index in [1.54, 1.807) is 7.11 Å². The molecule has 0 bridgehead atoms. The Morgan fingerprint density at radius 1 is 1.33 bits per heavy atom. The lowest BCUT2D eigenvalue weighted by atomic mass is 10.1. The van der Waals surface area contributed by atoms with Crippen LogP contribution in [0, 0.1) is 0 Å². The maximum atomic E-state index is 9.80. The molecule has 1 aromatic rings. The first-order valence-corrected chi connectivity index (χ1v) is 7.72. The summed E-state index contributed by atoms with van der Waals surface area (Å²) < 4.78 is 10.6. The molecule has 0 radical (unpaired) electrons. The minimum Gasteiger partial charge on any atom is -0.489 e. The molecular weight excluding hydrogens is 290 g/mol. The summed E-state index contributed by atoms with van der Waals surface area (Å²) in [7, 11) is 1.70. The summed E-state index contributed by atoms with van der Waals surface area (Å²) in [6, 6.07) is 6.10. The van der Waals surface area contributed by atoms with Gasteiger partial charge in [-0.1, -0.05) is 31.5 Å². The van der Waals surface area contributed by atoms with Gasteiger partial charge in [0.05, 0.1) is 5.02 Å². The normalized spacial score (nSPS) is 12.7. The molecule has 0 saturated carbocycles. The van der Waals surface area contributed by atoms with Gasteiger partial charge in [0.25, 0.3) is 0 Å². The number of rotatable bonds is 10. The molecule has 4 nitrogen and oxygen atoms in total. The third-order valence-corrected chi connectivity index (χ3v) is 3.30. The number of aliphatic hydroxyl groups excluding tert-OH is 1. The molecule has 0 amide bonds. The Bertz CT molecular complexity index is 413. The van der Waals surface area contributed by atoms with Crippen molar-refractivity contribution >= 4 is 11.6 Å². The van der Waals surface area contributed by atoms with Gasteiger partial charge in [-0.3, -0.25) is 0 Å². The predicted octanol–water partition coefficient (Wildman–Crippen LogP) is 2.66. The highest BCUT2D eigenvalue weighted by molar-refractivity contribution is 6.32. The largest absolute Gasteiger partial charge is 0.489 e. The average Bonchev–Trinajstić information content (AvgIpc) is 2.44. The summed E-state index contributed by atoms with van der Waals surface area (Å²) in [5, 5.41) is 13.5. The lowest BCUT2D eigenvalue weighted by Crippen LogP contribution is -2.35. The monoisotopic (exact) mass is 315 g/mol. The van der Waals surface area contributed by atoms with Crippen LogP contribution in [0.1, 0.15) is 25.8 Å². The topological polar surface area (TPSA) is 50.7 Å². The second-order valence-corrected chi connectivity index (χ2v) is 5.80. The Kier molecular flexibility index (Phi) is 8.69. The third-order valence-electron chi connectivity index (χ3n) is 3.00. The van der Waals surface area contributed by atoms with Crippen LogP contribution in [0.5, 0.6) is 5.75 Å². The van der Waals surface area contributed by atoms with E-state index >= 15 is 0 Å². The SMILES string of the molecule is COCCCc1ccc(OCC(O)CNC(C)C)c(Cl)c1. The van der Waals surface area contributed by atoms with Crippen molar-refractivity contribution in [1.82, 2.24) is 5.32 Å². The van der Waals surface area contributed by atoms with Crippen molar-refractivity contribution in [1.29, 1.82) is 0 Å². The maximum Gasteiger partial charge on any atom is 0.138 e. The fraction of sp³-hybridized carbons (Fsp3) is 0.625. The number of aryl methyl sites for hydroxylation is 1. The van der Waals surface area contributed by atoms with E-state index in [-0.39, 0.29) is 6.61 Å². The van der Waals surface area contributed by atoms with Gasteiger partial charge in [-0.05, 0) is 30.5 Å². The van der Waals surface area contributed by atoms with Crippen LogP contribution in [-0.4, -0.2) is 44.1 Å². The fourth-order valence-corrected chi connectivity index (χ4v) is 2.11. The minimum atomic E-state index is -0.551. The first kappa shape index (κ1) is 18.2. The van der Waals surface area contributed by atoms with Crippen molar-refractivity contribution in [2.75, 3.05) is 26.9 Å². The van der Waals surface area contributed by atoms with Crippen LogP contribution in [0.15, 0.2) is 18.2 Å². The smallest absolute Gasteiger partial charge is 0.138 e. The zero-order valence-corrected chi connectivity index (χ0v) is 13.8. The molecule has 1 rings (SSSR count). The van der Waals surface area contributed by atoms with E-state index in [1.165, 1.54) is 0 Å². The molecule has 21 heavy (non-hydrogen) atoms. The molecule has 5 heteroatoms. The number of nitrogens with one attached hydrogen (secondary N) is 1. The summed E-state index contributed by atoms with van der Waals surface area (Å²) in [6.45, 7) is 5.54.